The molecule has 36 heavy (non-hydrogen) atoms. The van der Waals surface area contributed by atoms with Crippen molar-refractivity contribution in [3.8, 4) is 0 Å². The Bertz CT molecular complexity index is 1270. The lowest BCUT2D eigenvalue weighted by molar-refractivity contribution is -0.139. The maximum Gasteiger partial charge on any atom is 0.266 e. The number of halogens is 3. The Morgan fingerprint density at radius 2 is 1.81 bits per heavy atom. The van der Waals surface area contributed by atoms with Gasteiger partial charge in [0.25, 0.3) is 6.43 Å². The summed E-state index contributed by atoms with van der Waals surface area (Å²) in [5.74, 6) is -0.973. The number of nitrogens with zero attached hydrogens (tertiary/aromatic N) is 3. The summed E-state index contributed by atoms with van der Waals surface area (Å²) in [6, 6.07) is 6.87. The molecule has 4 rings (SSSR count). The zero-order valence-electron chi connectivity index (χ0n) is 20.9. The van der Waals surface area contributed by atoms with Gasteiger partial charge in [0.05, 0.1) is 28.5 Å². The van der Waals surface area contributed by atoms with Crippen molar-refractivity contribution in [1.82, 2.24) is 14.9 Å². The normalized spacial score (nSPS) is 16.6. The third kappa shape index (κ3) is 4.89. The molecule has 1 aliphatic rings. The SMILES string of the molecule is Cc1nc(C2(O)CCN(C(=O)C(C)C)CC2)cc2c(N[C@H](C)c3cccc(C(F)F)c3F)ccnc12. The molecule has 1 saturated heterocycles. The molecular weight excluding hydrogens is 469 g/mol. The summed E-state index contributed by atoms with van der Waals surface area (Å²) in [6.07, 6.45) is -0.594. The van der Waals surface area contributed by atoms with Gasteiger partial charge in [0.15, 0.2) is 0 Å². The summed E-state index contributed by atoms with van der Waals surface area (Å²) < 4.78 is 41.1. The van der Waals surface area contributed by atoms with E-state index in [4.69, 9.17) is 0 Å². The number of carbonyl (C=O) groups excluding carboxylic acids is 1. The number of benzene rings is 1. The number of alkyl halides is 2. The summed E-state index contributed by atoms with van der Waals surface area (Å²) in [7, 11) is 0. The first-order valence-corrected chi connectivity index (χ1v) is 12.1. The van der Waals surface area contributed by atoms with E-state index in [0.29, 0.717) is 53.9 Å². The molecule has 1 atom stereocenters. The van der Waals surface area contributed by atoms with E-state index in [-0.39, 0.29) is 17.4 Å². The number of likely N-dealkylation sites (tertiary alicyclic amines) is 1. The molecule has 192 valence electrons. The van der Waals surface area contributed by atoms with Crippen LogP contribution in [0.3, 0.4) is 0 Å². The molecule has 0 radical (unpaired) electrons. The Hall–Kier alpha value is -3.20. The van der Waals surface area contributed by atoms with Gasteiger partial charge in [0.1, 0.15) is 11.4 Å². The van der Waals surface area contributed by atoms with Crippen LogP contribution in [0.25, 0.3) is 10.9 Å². The van der Waals surface area contributed by atoms with Gasteiger partial charge < -0.3 is 15.3 Å². The molecular formula is C27H31F3N4O2. The number of aliphatic hydroxyl groups is 1. The molecule has 1 aliphatic heterocycles. The zero-order chi connectivity index (χ0) is 26.2. The maximum atomic E-state index is 14.7. The summed E-state index contributed by atoms with van der Waals surface area (Å²) in [4.78, 5) is 23.2. The van der Waals surface area contributed by atoms with Crippen molar-refractivity contribution in [2.75, 3.05) is 18.4 Å². The number of pyridine rings is 2. The van der Waals surface area contributed by atoms with Gasteiger partial charge in [0.2, 0.25) is 5.91 Å². The quantitative estimate of drug-likeness (QED) is 0.457. The van der Waals surface area contributed by atoms with E-state index in [0.717, 1.165) is 6.07 Å². The van der Waals surface area contributed by atoms with Crippen molar-refractivity contribution in [3.05, 3.63) is 64.9 Å². The second-order valence-corrected chi connectivity index (χ2v) is 9.78. The first-order valence-electron chi connectivity index (χ1n) is 12.1. The van der Waals surface area contributed by atoms with E-state index >= 15 is 0 Å². The second kappa shape index (κ2) is 10.0. The highest BCUT2D eigenvalue weighted by atomic mass is 19.3. The Kier molecular flexibility index (Phi) is 7.22. The minimum Gasteiger partial charge on any atom is -0.383 e. The van der Waals surface area contributed by atoms with Gasteiger partial charge in [-0.15, -0.1) is 0 Å². The number of piperidine rings is 1. The Balaban J connectivity index is 1.66. The van der Waals surface area contributed by atoms with E-state index in [2.05, 4.69) is 15.3 Å². The number of amides is 1. The molecule has 2 aromatic heterocycles. The molecule has 3 heterocycles. The minimum atomic E-state index is -2.90. The van der Waals surface area contributed by atoms with E-state index in [1.165, 1.54) is 12.1 Å². The van der Waals surface area contributed by atoms with Crippen LogP contribution in [0.1, 0.15) is 68.6 Å². The topological polar surface area (TPSA) is 78.4 Å². The van der Waals surface area contributed by atoms with Crippen molar-refractivity contribution in [2.45, 2.75) is 58.6 Å². The lowest BCUT2D eigenvalue weighted by atomic mass is 9.86. The molecule has 2 N–H and O–H groups in total. The largest absolute Gasteiger partial charge is 0.383 e. The maximum absolute atomic E-state index is 14.7. The molecule has 0 aliphatic carbocycles. The van der Waals surface area contributed by atoms with Gasteiger partial charge in [-0.1, -0.05) is 32.0 Å². The van der Waals surface area contributed by atoms with Gasteiger partial charge in [-0.25, -0.2) is 13.2 Å². The number of rotatable bonds is 6. The average molecular weight is 501 g/mol. The minimum absolute atomic E-state index is 0.0625. The first-order chi connectivity index (χ1) is 17.0. The molecule has 0 unspecified atom stereocenters. The number of nitrogens with one attached hydrogen (secondary N) is 1. The first kappa shape index (κ1) is 25.9. The Morgan fingerprint density at radius 1 is 1.14 bits per heavy atom. The van der Waals surface area contributed by atoms with Gasteiger partial charge in [-0.3, -0.25) is 14.8 Å². The lowest BCUT2D eigenvalue weighted by Crippen LogP contribution is -2.46. The summed E-state index contributed by atoms with van der Waals surface area (Å²) in [5.41, 5.74) is 0.643. The molecule has 1 amide bonds. The monoisotopic (exact) mass is 500 g/mol. The standard InChI is InChI=1S/C27H31F3N4O2/c1-15(2)26(35)34-12-9-27(36,10-13-34)22-14-20-21(8-11-31-24(20)17(4)33-22)32-16(3)18-6-5-7-19(23(18)28)25(29)30/h5-8,11,14-16,25,36H,9-10,12-13H2,1-4H3,(H,31,32)/t16-/m1/s1. The van der Waals surface area contributed by atoms with E-state index in [1.54, 1.807) is 37.1 Å². The molecule has 1 aromatic carbocycles. The predicted molar refractivity (Wildman–Crippen MR) is 132 cm³/mol. The summed E-state index contributed by atoms with van der Waals surface area (Å²) in [6.45, 7) is 8.08. The number of hydrogen-bond acceptors (Lipinski definition) is 5. The highest BCUT2D eigenvalue weighted by molar-refractivity contribution is 5.92. The summed E-state index contributed by atoms with van der Waals surface area (Å²) >= 11 is 0. The van der Waals surface area contributed by atoms with E-state index < -0.39 is 29.4 Å². The highest BCUT2D eigenvalue weighted by Gasteiger charge is 2.37. The van der Waals surface area contributed by atoms with Crippen LogP contribution in [0.5, 0.6) is 0 Å². The van der Waals surface area contributed by atoms with Crippen molar-refractivity contribution in [3.63, 3.8) is 0 Å². The van der Waals surface area contributed by atoms with Crippen LogP contribution in [0.4, 0.5) is 18.9 Å². The van der Waals surface area contributed by atoms with Crippen molar-refractivity contribution >= 4 is 22.5 Å². The Labute approximate surface area is 208 Å². The van der Waals surface area contributed by atoms with Crippen LogP contribution in [0.2, 0.25) is 0 Å². The lowest BCUT2D eigenvalue weighted by Gasteiger charge is -2.38. The fourth-order valence-electron chi connectivity index (χ4n) is 4.78. The molecule has 0 saturated carbocycles. The highest BCUT2D eigenvalue weighted by Crippen LogP contribution is 2.36. The van der Waals surface area contributed by atoms with Crippen molar-refractivity contribution in [2.24, 2.45) is 5.92 Å². The van der Waals surface area contributed by atoms with E-state index in [1.807, 2.05) is 13.8 Å². The predicted octanol–water partition coefficient (Wildman–Crippen LogP) is 5.65. The van der Waals surface area contributed by atoms with Crippen LogP contribution in [0.15, 0.2) is 36.5 Å². The fourth-order valence-corrected chi connectivity index (χ4v) is 4.78. The average Bonchev–Trinajstić information content (AvgIpc) is 2.84. The van der Waals surface area contributed by atoms with E-state index in [9.17, 15) is 23.1 Å². The van der Waals surface area contributed by atoms with Crippen LogP contribution in [0, 0.1) is 18.7 Å². The Morgan fingerprint density at radius 3 is 2.44 bits per heavy atom. The third-order valence-corrected chi connectivity index (χ3v) is 6.91. The number of carbonyl (C=O) groups is 1. The van der Waals surface area contributed by atoms with Gasteiger partial charge in [-0.2, -0.15) is 0 Å². The number of anilines is 1. The summed E-state index contributed by atoms with van der Waals surface area (Å²) in [5, 5.41) is 15.4. The van der Waals surface area contributed by atoms with Crippen molar-refractivity contribution in [1.29, 1.82) is 0 Å². The molecule has 1 fully saturated rings. The van der Waals surface area contributed by atoms with Gasteiger partial charge in [0, 0.05) is 41.8 Å². The fraction of sp³-hybridized carbons (Fsp3) is 0.444. The molecule has 0 bridgehead atoms. The van der Waals surface area contributed by atoms with Gasteiger partial charge in [-0.05, 0) is 38.8 Å². The van der Waals surface area contributed by atoms with Crippen LogP contribution in [-0.4, -0.2) is 39.0 Å². The number of aromatic nitrogens is 2. The van der Waals surface area contributed by atoms with Crippen LogP contribution in [-0.2, 0) is 10.4 Å². The molecule has 3 aromatic rings. The molecule has 6 nitrogen and oxygen atoms in total. The number of hydrogen-bond donors (Lipinski definition) is 2. The zero-order valence-corrected chi connectivity index (χ0v) is 20.9. The van der Waals surface area contributed by atoms with Crippen LogP contribution < -0.4 is 5.32 Å². The number of aryl methyl sites for hydroxylation is 1. The number of fused-ring (bicyclic) bond motifs is 1. The smallest absolute Gasteiger partial charge is 0.266 e. The third-order valence-electron chi connectivity index (χ3n) is 6.91. The molecule has 0 spiro atoms. The second-order valence-electron chi connectivity index (χ2n) is 9.78. The van der Waals surface area contributed by atoms with Crippen molar-refractivity contribution < 1.29 is 23.1 Å². The van der Waals surface area contributed by atoms with Crippen LogP contribution >= 0.6 is 0 Å². The van der Waals surface area contributed by atoms with Gasteiger partial charge >= 0.3 is 0 Å². The molecule has 9 heteroatoms.